The molecule has 0 N–H and O–H groups in total. The van der Waals surface area contributed by atoms with Gasteiger partial charge in [0.25, 0.3) is 7.82 Å². The van der Waals surface area contributed by atoms with Gasteiger partial charge in [0, 0.05) is 12.8 Å². The number of rotatable bonds is 49. The molecule has 0 spiro atoms. The zero-order valence-electron chi connectivity index (χ0n) is 42.0. The quantitative estimate of drug-likeness (QED) is 0.0195. The lowest BCUT2D eigenvalue weighted by atomic mass is 10.0. The lowest BCUT2D eigenvalue weighted by Gasteiger charge is -2.28. The van der Waals surface area contributed by atoms with Gasteiger partial charge in [0.2, 0.25) is 0 Å². The Kier molecular flexibility index (Phi) is 44.5. The van der Waals surface area contributed by atoms with Crippen LogP contribution in [0.25, 0.3) is 0 Å². The van der Waals surface area contributed by atoms with Gasteiger partial charge < -0.3 is 27.9 Å². The molecule has 0 saturated heterocycles. The summed E-state index contributed by atoms with van der Waals surface area (Å²) < 4.78 is 34.1. The van der Waals surface area contributed by atoms with Crippen molar-refractivity contribution in [2.45, 2.75) is 258 Å². The van der Waals surface area contributed by atoms with E-state index in [-0.39, 0.29) is 32.0 Å². The van der Waals surface area contributed by atoms with Crippen LogP contribution in [0.1, 0.15) is 251 Å². The highest BCUT2D eigenvalue weighted by Crippen LogP contribution is 2.38. The van der Waals surface area contributed by atoms with Crippen molar-refractivity contribution in [2.75, 3.05) is 47.5 Å². The monoisotopic (exact) mass is 912 g/mol. The van der Waals surface area contributed by atoms with E-state index in [2.05, 4.69) is 38.2 Å². The lowest BCUT2D eigenvalue weighted by Crippen LogP contribution is -2.37. The maximum Gasteiger partial charge on any atom is 0.306 e. The van der Waals surface area contributed by atoms with Crippen LogP contribution in [0.4, 0.5) is 0 Å². The lowest BCUT2D eigenvalue weighted by molar-refractivity contribution is -0.870. The van der Waals surface area contributed by atoms with Crippen LogP contribution in [-0.2, 0) is 32.7 Å². The topological polar surface area (TPSA) is 111 Å². The Morgan fingerprint density at radius 2 is 0.857 bits per heavy atom. The molecule has 2 unspecified atom stereocenters. The molecule has 0 heterocycles. The Morgan fingerprint density at radius 3 is 1.25 bits per heavy atom. The van der Waals surface area contributed by atoms with Crippen molar-refractivity contribution in [1.82, 2.24) is 0 Å². The van der Waals surface area contributed by atoms with E-state index in [1.165, 1.54) is 173 Å². The molecular formula is C53H102NO8P. The normalized spacial score (nSPS) is 13.6. The molecule has 0 aliphatic heterocycles. The fraction of sp³-hybridized carbons (Fsp3) is 0.887. The summed E-state index contributed by atoms with van der Waals surface area (Å²) in [5.41, 5.74) is 0. The van der Waals surface area contributed by atoms with E-state index in [0.717, 1.165) is 44.9 Å². The van der Waals surface area contributed by atoms with Crippen molar-refractivity contribution in [1.29, 1.82) is 0 Å². The maximum atomic E-state index is 12.8. The van der Waals surface area contributed by atoms with Gasteiger partial charge in [-0.3, -0.25) is 14.2 Å². The first kappa shape index (κ1) is 61.5. The third-order valence-corrected chi connectivity index (χ3v) is 12.7. The van der Waals surface area contributed by atoms with Crippen molar-refractivity contribution in [2.24, 2.45) is 0 Å². The van der Waals surface area contributed by atoms with Gasteiger partial charge in [0.05, 0.1) is 27.7 Å². The number of allylic oxidation sites excluding steroid dienone is 4. The third-order valence-electron chi connectivity index (χ3n) is 11.7. The van der Waals surface area contributed by atoms with E-state index in [9.17, 15) is 19.0 Å². The predicted octanol–water partition coefficient (Wildman–Crippen LogP) is 15.2. The van der Waals surface area contributed by atoms with Gasteiger partial charge in [-0.15, -0.1) is 0 Å². The average Bonchev–Trinajstić information content (AvgIpc) is 3.24. The fourth-order valence-corrected chi connectivity index (χ4v) is 8.30. The Hall–Kier alpha value is -1.51. The summed E-state index contributed by atoms with van der Waals surface area (Å²) in [6.45, 7) is 4.26. The number of hydrogen-bond acceptors (Lipinski definition) is 8. The van der Waals surface area contributed by atoms with E-state index < -0.39 is 26.5 Å². The molecule has 0 aliphatic rings. The number of phosphoric acid groups is 1. The van der Waals surface area contributed by atoms with Gasteiger partial charge in [-0.05, 0) is 44.9 Å². The van der Waals surface area contributed by atoms with Crippen molar-refractivity contribution < 1.29 is 42.1 Å². The zero-order valence-corrected chi connectivity index (χ0v) is 42.9. The minimum atomic E-state index is -4.63. The zero-order chi connectivity index (χ0) is 46.4. The van der Waals surface area contributed by atoms with Crippen LogP contribution in [0.2, 0.25) is 0 Å². The van der Waals surface area contributed by atoms with E-state index in [0.29, 0.717) is 17.4 Å². The predicted molar refractivity (Wildman–Crippen MR) is 264 cm³/mol. The number of nitrogens with zero attached hydrogens (tertiary/aromatic N) is 1. The van der Waals surface area contributed by atoms with Crippen molar-refractivity contribution in [3.63, 3.8) is 0 Å². The Morgan fingerprint density at radius 1 is 0.492 bits per heavy atom. The number of phosphoric ester groups is 1. The third kappa shape index (κ3) is 49.8. The minimum Gasteiger partial charge on any atom is -0.756 e. The number of ether oxygens (including phenoxy) is 2. The van der Waals surface area contributed by atoms with Crippen molar-refractivity contribution in [3.05, 3.63) is 24.3 Å². The van der Waals surface area contributed by atoms with Crippen molar-refractivity contribution in [3.8, 4) is 0 Å². The smallest absolute Gasteiger partial charge is 0.306 e. The van der Waals surface area contributed by atoms with Gasteiger partial charge in [0.1, 0.15) is 19.8 Å². The number of carbonyl (C=O) groups is 2. The van der Waals surface area contributed by atoms with Crippen LogP contribution < -0.4 is 4.89 Å². The van der Waals surface area contributed by atoms with Gasteiger partial charge in [-0.25, -0.2) is 0 Å². The summed E-state index contributed by atoms with van der Waals surface area (Å²) in [5.74, 6) is -0.822. The molecule has 10 heteroatoms. The molecule has 0 rings (SSSR count). The number of unbranched alkanes of at least 4 members (excludes halogenated alkanes) is 31. The standard InChI is InChI=1S/C53H102NO8P/c1-6-8-10-12-14-16-18-20-22-23-24-25-26-27-28-29-30-31-32-34-36-38-40-42-44-46-53(56)62-51(50-61-63(57,58)60-48-47-54(3,4)5)49-59-52(55)45-43-41-39-37-35-33-21-19-17-15-13-11-9-7-2/h18,20,23-24,51H,6-17,19,21-22,25-50H2,1-5H3/b20-18-,24-23-. The highest BCUT2D eigenvalue weighted by atomic mass is 31.2. The molecule has 0 aliphatic carbocycles. The molecular weight excluding hydrogens is 810 g/mol. The number of carbonyl (C=O) groups excluding carboxylic acids is 2. The summed E-state index contributed by atoms with van der Waals surface area (Å²) in [6.07, 6.45) is 52.1. The van der Waals surface area contributed by atoms with E-state index >= 15 is 0 Å². The number of quaternary nitrogens is 1. The SMILES string of the molecule is CCCCCCC/C=C\C/C=C\CCCCCCCCCCCCCCCC(=O)OC(COC(=O)CCCCCCCCCCCCCCCC)COP(=O)([O-])OCC[N+](C)(C)C. The van der Waals surface area contributed by atoms with Crippen LogP contribution in [0.15, 0.2) is 24.3 Å². The molecule has 0 fully saturated rings. The Bertz CT molecular complexity index is 1120. The molecule has 63 heavy (non-hydrogen) atoms. The fourth-order valence-electron chi connectivity index (χ4n) is 7.57. The summed E-state index contributed by atoms with van der Waals surface area (Å²) in [5, 5.41) is 0. The molecule has 0 radical (unpaired) electrons. The summed E-state index contributed by atoms with van der Waals surface area (Å²) in [7, 11) is 1.18. The molecule has 0 aromatic heterocycles. The molecule has 0 bridgehead atoms. The maximum absolute atomic E-state index is 12.8. The van der Waals surface area contributed by atoms with Crippen molar-refractivity contribution >= 4 is 19.8 Å². The van der Waals surface area contributed by atoms with E-state index in [1.807, 2.05) is 21.1 Å². The molecule has 9 nitrogen and oxygen atoms in total. The second kappa shape index (κ2) is 45.6. The van der Waals surface area contributed by atoms with Gasteiger partial charge >= 0.3 is 11.9 Å². The first-order valence-electron chi connectivity index (χ1n) is 26.5. The molecule has 0 aromatic rings. The largest absolute Gasteiger partial charge is 0.756 e. The highest BCUT2D eigenvalue weighted by Gasteiger charge is 2.21. The van der Waals surface area contributed by atoms with Crippen LogP contribution in [0, 0.1) is 0 Å². The number of esters is 2. The highest BCUT2D eigenvalue weighted by molar-refractivity contribution is 7.45. The van der Waals surface area contributed by atoms with Gasteiger partial charge in [0.15, 0.2) is 6.10 Å². The van der Waals surface area contributed by atoms with Crippen LogP contribution in [0.5, 0.6) is 0 Å². The van der Waals surface area contributed by atoms with E-state index in [4.69, 9.17) is 18.5 Å². The molecule has 0 amide bonds. The van der Waals surface area contributed by atoms with Crippen LogP contribution >= 0.6 is 7.82 Å². The Labute approximate surface area is 389 Å². The average molecular weight is 912 g/mol. The first-order valence-corrected chi connectivity index (χ1v) is 28.0. The summed E-state index contributed by atoms with van der Waals surface area (Å²) in [6, 6.07) is 0. The number of likely N-dealkylation sites (N-methyl/N-ethyl adjacent to an activating group) is 1. The van der Waals surface area contributed by atoms with Gasteiger partial charge in [-0.2, -0.15) is 0 Å². The van der Waals surface area contributed by atoms with E-state index in [1.54, 1.807) is 0 Å². The second-order valence-corrected chi connectivity index (χ2v) is 20.7. The Balaban J connectivity index is 4.15. The number of hydrogen-bond donors (Lipinski definition) is 0. The van der Waals surface area contributed by atoms with Crippen LogP contribution in [-0.4, -0.2) is 70.0 Å². The summed E-state index contributed by atoms with van der Waals surface area (Å²) in [4.78, 5) is 37.7. The second-order valence-electron chi connectivity index (χ2n) is 19.2. The van der Waals surface area contributed by atoms with Crippen LogP contribution in [0.3, 0.4) is 0 Å². The molecule has 0 aromatic carbocycles. The molecule has 372 valence electrons. The minimum absolute atomic E-state index is 0.0283. The first-order chi connectivity index (χ1) is 30.5. The van der Waals surface area contributed by atoms with Gasteiger partial charge in [-0.1, -0.05) is 218 Å². The molecule has 2 atom stereocenters. The molecule has 0 saturated carbocycles. The summed E-state index contributed by atoms with van der Waals surface area (Å²) >= 11 is 0.